The van der Waals surface area contributed by atoms with E-state index >= 15 is 0 Å². The Labute approximate surface area is 108 Å². The first-order chi connectivity index (χ1) is 8.10. The molecule has 1 saturated heterocycles. The molecule has 2 atom stereocenters. The molecular formula is C14H19ClFN. The van der Waals surface area contributed by atoms with Gasteiger partial charge in [0.25, 0.3) is 0 Å². The topological polar surface area (TPSA) is 3.24 Å². The molecule has 0 aromatic heterocycles. The van der Waals surface area contributed by atoms with Crippen LogP contribution in [0.4, 0.5) is 10.1 Å². The Bertz CT molecular complexity index is 394. The second-order valence-corrected chi connectivity index (χ2v) is 5.41. The smallest absolute Gasteiger partial charge is 0.125 e. The largest absolute Gasteiger partial charge is 0.371 e. The van der Waals surface area contributed by atoms with E-state index in [9.17, 15) is 4.39 Å². The molecular weight excluding hydrogens is 237 g/mol. The van der Waals surface area contributed by atoms with Crippen molar-refractivity contribution in [3.05, 3.63) is 29.6 Å². The molecule has 94 valence electrons. The lowest BCUT2D eigenvalue weighted by atomic mass is 9.88. The van der Waals surface area contributed by atoms with E-state index in [4.69, 9.17) is 11.6 Å². The Morgan fingerprint density at radius 1 is 1.29 bits per heavy atom. The first kappa shape index (κ1) is 12.7. The summed E-state index contributed by atoms with van der Waals surface area (Å²) >= 11 is 5.78. The van der Waals surface area contributed by atoms with Crippen LogP contribution in [0.15, 0.2) is 18.2 Å². The van der Waals surface area contributed by atoms with E-state index in [0.29, 0.717) is 11.8 Å². The van der Waals surface area contributed by atoms with Crippen LogP contribution in [-0.2, 0) is 5.88 Å². The highest BCUT2D eigenvalue weighted by Crippen LogP contribution is 2.28. The number of anilines is 1. The summed E-state index contributed by atoms with van der Waals surface area (Å²) in [5.74, 6) is 1.59. The molecule has 1 nitrogen and oxygen atoms in total. The van der Waals surface area contributed by atoms with Crippen molar-refractivity contribution in [2.75, 3.05) is 18.0 Å². The molecule has 2 unspecified atom stereocenters. The standard InChI is InChI=1S/C14H19ClFN/c1-10-3-4-17(9-11(10)2)14-6-12(8-15)5-13(16)7-14/h5-7,10-11H,3-4,8-9H2,1-2H3. The van der Waals surface area contributed by atoms with Gasteiger partial charge >= 0.3 is 0 Å². The van der Waals surface area contributed by atoms with Crippen molar-refractivity contribution in [1.29, 1.82) is 0 Å². The number of benzene rings is 1. The summed E-state index contributed by atoms with van der Waals surface area (Å²) in [6.07, 6.45) is 1.17. The summed E-state index contributed by atoms with van der Waals surface area (Å²) in [7, 11) is 0. The molecule has 2 rings (SSSR count). The molecule has 1 heterocycles. The van der Waals surface area contributed by atoms with Crippen molar-refractivity contribution < 1.29 is 4.39 Å². The van der Waals surface area contributed by atoms with E-state index in [1.54, 1.807) is 6.07 Å². The van der Waals surface area contributed by atoms with Crippen molar-refractivity contribution in [3.63, 3.8) is 0 Å². The Morgan fingerprint density at radius 2 is 2.06 bits per heavy atom. The lowest BCUT2D eigenvalue weighted by molar-refractivity contribution is 0.324. The normalized spacial score (nSPS) is 25.1. The van der Waals surface area contributed by atoms with Crippen LogP contribution in [-0.4, -0.2) is 13.1 Å². The monoisotopic (exact) mass is 255 g/mol. The van der Waals surface area contributed by atoms with Gasteiger partial charge < -0.3 is 4.90 Å². The first-order valence-electron chi connectivity index (χ1n) is 6.20. The summed E-state index contributed by atoms with van der Waals surface area (Å²) in [6.45, 7) is 6.57. The van der Waals surface area contributed by atoms with Crippen molar-refractivity contribution in [2.45, 2.75) is 26.1 Å². The molecule has 0 bridgehead atoms. The van der Waals surface area contributed by atoms with Gasteiger partial charge in [-0.05, 0) is 42.0 Å². The maximum absolute atomic E-state index is 13.5. The maximum atomic E-state index is 13.5. The molecule has 1 aliphatic rings. The zero-order valence-corrected chi connectivity index (χ0v) is 11.2. The minimum Gasteiger partial charge on any atom is -0.371 e. The molecule has 0 radical (unpaired) electrons. The van der Waals surface area contributed by atoms with E-state index in [-0.39, 0.29) is 5.82 Å². The van der Waals surface area contributed by atoms with Crippen LogP contribution in [0, 0.1) is 17.7 Å². The Balaban J connectivity index is 2.19. The Morgan fingerprint density at radius 3 is 2.71 bits per heavy atom. The van der Waals surface area contributed by atoms with Gasteiger partial charge in [-0.3, -0.25) is 0 Å². The second-order valence-electron chi connectivity index (χ2n) is 5.14. The van der Waals surface area contributed by atoms with Crippen molar-refractivity contribution in [3.8, 4) is 0 Å². The lowest BCUT2D eigenvalue weighted by Crippen LogP contribution is -2.38. The molecule has 1 aromatic carbocycles. The van der Waals surface area contributed by atoms with Crippen LogP contribution >= 0.6 is 11.6 Å². The fourth-order valence-electron chi connectivity index (χ4n) is 2.39. The van der Waals surface area contributed by atoms with Crippen LogP contribution in [0.25, 0.3) is 0 Å². The van der Waals surface area contributed by atoms with Gasteiger partial charge in [0.05, 0.1) is 0 Å². The van der Waals surface area contributed by atoms with E-state index in [0.717, 1.165) is 30.3 Å². The average molecular weight is 256 g/mol. The fraction of sp³-hybridized carbons (Fsp3) is 0.571. The van der Waals surface area contributed by atoms with E-state index < -0.39 is 0 Å². The van der Waals surface area contributed by atoms with Gasteiger partial charge in [-0.25, -0.2) is 4.39 Å². The van der Waals surface area contributed by atoms with Crippen molar-refractivity contribution in [2.24, 2.45) is 11.8 Å². The molecule has 0 aliphatic carbocycles. The van der Waals surface area contributed by atoms with Crippen LogP contribution in [0.5, 0.6) is 0 Å². The third kappa shape index (κ3) is 2.92. The SMILES string of the molecule is CC1CCN(c2cc(F)cc(CCl)c2)CC1C. The predicted molar refractivity (Wildman–Crippen MR) is 71.1 cm³/mol. The van der Waals surface area contributed by atoms with E-state index in [1.165, 1.54) is 12.5 Å². The van der Waals surface area contributed by atoms with Gasteiger partial charge in [-0.2, -0.15) is 0 Å². The quantitative estimate of drug-likeness (QED) is 0.721. The molecule has 1 aliphatic heterocycles. The van der Waals surface area contributed by atoms with Gasteiger partial charge in [-0.1, -0.05) is 13.8 Å². The maximum Gasteiger partial charge on any atom is 0.125 e. The predicted octanol–water partition coefficient (Wildman–Crippen LogP) is 4.05. The molecule has 0 saturated carbocycles. The third-order valence-electron chi connectivity index (χ3n) is 3.80. The van der Waals surface area contributed by atoms with Gasteiger partial charge in [0.1, 0.15) is 5.82 Å². The van der Waals surface area contributed by atoms with Crippen molar-refractivity contribution in [1.82, 2.24) is 0 Å². The molecule has 17 heavy (non-hydrogen) atoms. The van der Waals surface area contributed by atoms with Crippen LogP contribution in [0.3, 0.4) is 0 Å². The van der Waals surface area contributed by atoms with Gasteiger partial charge in [0.15, 0.2) is 0 Å². The minimum absolute atomic E-state index is 0.190. The van der Waals surface area contributed by atoms with E-state index in [2.05, 4.69) is 18.7 Å². The van der Waals surface area contributed by atoms with Gasteiger partial charge in [-0.15, -0.1) is 11.6 Å². The minimum atomic E-state index is -0.190. The average Bonchev–Trinajstić information content (AvgIpc) is 2.32. The number of alkyl halides is 1. The highest BCUT2D eigenvalue weighted by Gasteiger charge is 2.23. The summed E-state index contributed by atoms with van der Waals surface area (Å²) < 4.78 is 13.5. The molecule has 0 spiro atoms. The van der Waals surface area contributed by atoms with E-state index in [1.807, 2.05) is 6.07 Å². The molecule has 0 N–H and O–H groups in total. The number of nitrogens with zero attached hydrogens (tertiary/aromatic N) is 1. The summed E-state index contributed by atoms with van der Waals surface area (Å²) in [5, 5.41) is 0. The van der Waals surface area contributed by atoms with Crippen LogP contribution in [0.2, 0.25) is 0 Å². The van der Waals surface area contributed by atoms with Gasteiger partial charge in [0.2, 0.25) is 0 Å². The second kappa shape index (κ2) is 5.26. The number of rotatable bonds is 2. The highest BCUT2D eigenvalue weighted by molar-refractivity contribution is 6.17. The third-order valence-corrected chi connectivity index (χ3v) is 4.10. The summed E-state index contributed by atoms with van der Waals surface area (Å²) in [6, 6.07) is 5.12. The lowest BCUT2D eigenvalue weighted by Gasteiger charge is -2.37. The van der Waals surface area contributed by atoms with Crippen LogP contribution < -0.4 is 4.90 Å². The number of hydrogen-bond acceptors (Lipinski definition) is 1. The summed E-state index contributed by atoms with van der Waals surface area (Å²) in [4.78, 5) is 2.27. The highest BCUT2D eigenvalue weighted by atomic mass is 35.5. The van der Waals surface area contributed by atoms with Crippen LogP contribution in [0.1, 0.15) is 25.8 Å². The molecule has 1 aromatic rings. The molecule has 0 amide bonds. The van der Waals surface area contributed by atoms with Gasteiger partial charge in [0, 0.05) is 24.7 Å². The first-order valence-corrected chi connectivity index (χ1v) is 6.74. The zero-order valence-electron chi connectivity index (χ0n) is 10.4. The fourth-order valence-corrected chi connectivity index (χ4v) is 2.54. The molecule has 3 heteroatoms. The Hall–Kier alpha value is -0.760. The number of piperidine rings is 1. The zero-order chi connectivity index (χ0) is 12.4. The summed E-state index contributed by atoms with van der Waals surface area (Å²) in [5.41, 5.74) is 1.83. The number of halogens is 2. The Kier molecular flexibility index (Phi) is 3.93. The number of hydrogen-bond donors (Lipinski definition) is 0. The molecule has 1 fully saturated rings. The van der Waals surface area contributed by atoms with Crippen molar-refractivity contribution >= 4 is 17.3 Å².